The number of amides is 1. The molecule has 0 saturated carbocycles. The molecule has 0 fully saturated rings. The van der Waals surface area contributed by atoms with E-state index < -0.39 is 5.97 Å². The van der Waals surface area contributed by atoms with Crippen LogP contribution in [0, 0.1) is 6.92 Å². The third kappa shape index (κ3) is 4.13. The number of benzene rings is 2. The molecule has 2 aromatic carbocycles. The van der Waals surface area contributed by atoms with Crippen LogP contribution >= 0.6 is 0 Å². The molecule has 24 heavy (non-hydrogen) atoms. The van der Waals surface area contributed by atoms with Crippen molar-refractivity contribution in [2.45, 2.75) is 20.8 Å². The van der Waals surface area contributed by atoms with Crippen molar-refractivity contribution in [3.8, 4) is 0 Å². The molecule has 5 heteroatoms. The molecule has 0 aromatic heterocycles. The highest BCUT2D eigenvalue weighted by Crippen LogP contribution is 2.25. The zero-order chi connectivity index (χ0) is 17.5. The second kappa shape index (κ2) is 8.15. The second-order valence-electron chi connectivity index (χ2n) is 5.28. The molecule has 0 bridgehead atoms. The SMILES string of the molecule is CCNc1ccc(C(=O)OCC)cc1NC(=O)c1ccccc1C. The van der Waals surface area contributed by atoms with Crippen LogP contribution < -0.4 is 10.6 Å². The van der Waals surface area contributed by atoms with Gasteiger partial charge in [0.05, 0.1) is 23.5 Å². The van der Waals surface area contributed by atoms with E-state index in [1.807, 2.05) is 32.0 Å². The van der Waals surface area contributed by atoms with Crippen molar-refractivity contribution in [2.24, 2.45) is 0 Å². The number of hydrogen-bond donors (Lipinski definition) is 2. The van der Waals surface area contributed by atoms with Crippen molar-refractivity contribution in [1.29, 1.82) is 0 Å². The Bertz CT molecular complexity index is 741. The molecule has 0 aliphatic heterocycles. The minimum absolute atomic E-state index is 0.215. The van der Waals surface area contributed by atoms with E-state index in [0.29, 0.717) is 30.0 Å². The molecule has 0 aliphatic carbocycles. The van der Waals surface area contributed by atoms with Crippen molar-refractivity contribution in [3.05, 3.63) is 59.2 Å². The van der Waals surface area contributed by atoms with Crippen LogP contribution in [-0.4, -0.2) is 25.0 Å². The largest absolute Gasteiger partial charge is 0.462 e. The quantitative estimate of drug-likeness (QED) is 0.791. The van der Waals surface area contributed by atoms with Crippen molar-refractivity contribution in [3.63, 3.8) is 0 Å². The molecule has 126 valence electrons. The van der Waals surface area contributed by atoms with Gasteiger partial charge < -0.3 is 15.4 Å². The molecule has 0 spiro atoms. The van der Waals surface area contributed by atoms with Gasteiger partial charge in [0, 0.05) is 12.1 Å². The number of aryl methyl sites for hydroxylation is 1. The minimum atomic E-state index is -0.410. The van der Waals surface area contributed by atoms with Crippen LogP contribution in [0.1, 0.15) is 40.1 Å². The van der Waals surface area contributed by atoms with E-state index in [9.17, 15) is 9.59 Å². The maximum Gasteiger partial charge on any atom is 0.338 e. The standard InChI is InChI=1S/C19H22N2O3/c1-4-20-16-11-10-14(19(23)24-5-2)12-17(16)21-18(22)15-9-7-6-8-13(15)3/h6-12,20H,4-5H2,1-3H3,(H,21,22). The van der Waals surface area contributed by atoms with E-state index in [1.54, 1.807) is 31.2 Å². The third-order valence-electron chi connectivity index (χ3n) is 3.54. The van der Waals surface area contributed by atoms with Gasteiger partial charge in [-0.3, -0.25) is 4.79 Å². The van der Waals surface area contributed by atoms with Gasteiger partial charge in [0.15, 0.2) is 0 Å². The van der Waals surface area contributed by atoms with E-state index in [0.717, 1.165) is 11.3 Å². The van der Waals surface area contributed by atoms with Crippen LogP contribution in [0.25, 0.3) is 0 Å². The van der Waals surface area contributed by atoms with Crippen molar-refractivity contribution in [2.75, 3.05) is 23.8 Å². The van der Waals surface area contributed by atoms with Crippen LogP contribution in [0.15, 0.2) is 42.5 Å². The highest BCUT2D eigenvalue weighted by molar-refractivity contribution is 6.07. The van der Waals surface area contributed by atoms with E-state index in [1.165, 1.54) is 0 Å². The van der Waals surface area contributed by atoms with E-state index in [4.69, 9.17) is 4.74 Å². The first-order valence-electron chi connectivity index (χ1n) is 7.98. The Morgan fingerprint density at radius 1 is 1.04 bits per heavy atom. The van der Waals surface area contributed by atoms with Crippen LogP contribution in [0.5, 0.6) is 0 Å². The summed E-state index contributed by atoms with van der Waals surface area (Å²) in [5.74, 6) is -0.625. The lowest BCUT2D eigenvalue weighted by Crippen LogP contribution is -2.16. The fourth-order valence-electron chi connectivity index (χ4n) is 2.35. The minimum Gasteiger partial charge on any atom is -0.462 e. The number of nitrogens with one attached hydrogen (secondary N) is 2. The third-order valence-corrected chi connectivity index (χ3v) is 3.54. The smallest absolute Gasteiger partial charge is 0.338 e. The maximum atomic E-state index is 12.5. The number of esters is 1. The lowest BCUT2D eigenvalue weighted by atomic mass is 10.1. The van der Waals surface area contributed by atoms with Gasteiger partial charge in [-0.25, -0.2) is 4.79 Å². The molecule has 0 aliphatic rings. The molecule has 2 rings (SSSR count). The van der Waals surface area contributed by atoms with Gasteiger partial charge in [0.25, 0.3) is 5.91 Å². The molecule has 0 unspecified atom stereocenters. The summed E-state index contributed by atoms with van der Waals surface area (Å²) in [6.07, 6.45) is 0. The summed E-state index contributed by atoms with van der Waals surface area (Å²) in [7, 11) is 0. The number of ether oxygens (including phenoxy) is 1. The summed E-state index contributed by atoms with van der Waals surface area (Å²) < 4.78 is 5.02. The fraction of sp³-hybridized carbons (Fsp3) is 0.263. The average Bonchev–Trinajstić information content (AvgIpc) is 2.57. The molecule has 0 radical (unpaired) electrons. The monoisotopic (exact) mass is 326 g/mol. The van der Waals surface area contributed by atoms with Gasteiger partial charge in [-0.05, 0) is 50.6 Å². The Morgan fingerprint density at radius 3 is 2.46 bits per heavy atom. The molecule has 5 nitrogen and oxygen atoms in total. The summed E-state index contributed by atoms with van der Waals surface area (Å²) in [6, 6.07) is 12.4. The molecule has 0 atom stereocenters. The van der Waals surface area contributed by atoms with Crippen molar-refractivity contribution < 1.29 is 14.3 Å². The predicted molar refractivity (Wildman–Crippen MR) is 95.7 cm³/mol. The first-order chi connectivity index (χ1) is 11.6. The highest BCUT2D eigenvalue weighted by atomic mass is 16.5. The number of rotatable bonds is 6. The van der Waals surface area contributed by atoms with Crippen LogP contribution in [-0.2, 0) is 4.74 Å². The number of hydrogen-bond acceptors (Lipinski definition) is 4. The van der Waals surface area contributed by atoms with Gasteiger partial charge in [-0.15, -0.1) is 0 Å². The zero-order valence-corrected chi connectivity index (χ0v) is 14.2. The lowest BCUT2D eigenvalue weighted by Gasteiger charge is -2.14. The van der Waals surface area contributed by atoms with E-state index >= 15 is 0 Å². The van der Waals surface area contributed by atoms with Crippen LogP contribution in [0.4, 0.5) is 11.4 Å². The van der Waals surface area contributed by atoms with Gasteiger partial charge in [0.2, 0.25) is 0 Å². The molecule has 0 saturated heterocycles. The molecule has 2 aromatic rings. The second-order valence-corrected chi connectivity index (χ2v) is 5.28. The molecule has 0 heterocycles. The maximum absolute atomic E-state index is 12.5. The van der Waals surface area contributed by atoms with Gasteiger partial charge in [-0.1, -0.05) is 18.2 Å². The molecule has 1 amide bonds. The van der Waals surface area contributed by atoms with Crippen molar-refractivity contribution >= 4 is 23.3 Å². The topological polar surface area (TPSA) is 67.4 Å². The molecule has 2 N–H and O–H groups in total. The van der Waals surface area contributed by atoms with Gasteiger partial charge >= 0.3 is 5.97 Å². The average molecular weight is 326 g/mol. The van der Waals surface area contributed by atoms with Crippen LogP contribution in [0.2, 0.25) is 0 Å². The van der Waals surface area contributed by atoms with E-state index in [-0.39, 0.29) is 5.91 Å². The van der Waals surface area contributed by atoms with Crippen molar-refractivity contribution in [1.82, 2.24) is 0 Å². The summed E-state index contributed by atoms with van der Waals surface area (Å²) in [4.78, 5) is 24.5. The lowest BCUT2D eigenvalue weighted by molar-refractivity contribution is 0.0526. The zero-order valence-electron chi connectivity index (χ0n) is 14.2. The fourth-order valence-corrected chi connectivity index (χ4v) is 2.35. The Labute approximate surface area is 142 Å². The summed E-state index contributed by atoms with van der Waals surface area (Å²) in [5, 5.41) is 6.06. The van der Waals surface area contributed by atoms with Crippen LogP contribution in [0.3, 0.4) is 0 Å². The number of carbonyl (C=O) groups is 2. The number of anilines is 2. The number of carbonyl (C=O) groups excluding carboxylic acids is 2. The Kier molecular flexibility index (Phi) is 5.95. The van der Waals surface area contributed by atoms with Gasteiger partial charge in [0.1, 0.15) is 0 Å². The molecular weight excluding hydrogens is 304 g/mol. The first-order valence-corrected chi connectivity index (χ1v) is 7.98. The van der Waals surface area contributed by atoms with E-state index in [2.05, 4.69) is 10.6 Å². The Balaban J connectivity index is 2.32. The first kappa shape index (κ1) is 17.5. The summed E-state index contributed by atoms with van der Waals surface area (Å²) >= 11 is 0. The van der Waals surface area contributed by atoms with Gasteiger partial charge in [-0.2, -0.15) is 0 Å². The predicted octanol–water partition coefficient (Wildman–Crippen LogP) is 3.86. The highest BCUT2D eigenvalue weighted by Gasteiger charge is 2.14. The molecular formula is C19H22N2O3. The Morgan fingerprint density at radius 2 is 1.79 bits per heavy atom. The summed E-state index contributed by atoms with van der Waals surface area (Å²) in [6.45, 7) is 6.61. The Hall–Kier alpha value is -2.82. The normalized spacial score (nSPS) is 10.1. The summed E-state index contributed by atoms with van der Waals surface area (Å²) in [5.41, 5.74) is 3.20.